The summed E-state index contributed by atoms with van der Waals surface area (Å²) in [4.78, 5) is 24.1. The molecule has 1 aromatic heterocycles. The van der Waals surface area contributed by atoms with Crippen molar-refractivity contribution in [1.29, 1.82) is 0 Å². The van der Waals surface area contributed by atoms with Crippen molar-refractivity contribution in [3.8, 4) is 5.69 Å². The molecule has 25 heavy (non-hydrogen) atoms. The van der Waals surface area contributed by atoms with E-state index in [4.69, 9.17) is 0 Å². The van der Waals surface area contributed by atoms with Gasteiger partial charge in [0.05, 0.1) is 28.2 Å². The first-order valence-electron chi connectivity index (χ1n) is 7.34. The Bertz CT molecular complexity index is 838. The van der Waals surface area contributed by atoms with Gasteiger partial charge in [0.25, 0.3) is 11.7 Å². The first-order valence-corrected chi connectivity index (χ1v) is 7.34. The number of nitrogens with zero attached hydrogens (tertiary/aromatic N) is 2. The van der Waals surface area contributed by atoms with Crippen molar-refractivity contribution in [1.82, 2.24) is 15.1 Å². The molecule has 0 spiro atoms. The maximum absolute atomic E-state index is 12.9. The fraction of sp³-hybridized carbons (Fsp3) is 0.235. The lowest BCUT2D eigenvalue weighted by molar-refractivity contribution is -0.137. The monoisotopic (exact) mass is 351 g/mol. The number of carbonyl (C=O) groups is 2. The molecule has 0 fully saturated rings. The highest BCUT2D eigenvalue weighted by Crippen LogP contribution is 2.30. The molecule has 1 heterocycles. The van der Waals surface area contributed by atoms with Gasteiger partial charge in [-0.05, 0) is 32.0 Å². The highest BCUT2D eigenvalue weighted by molar-refractivity contribution is 6.43. The molecule has 0 saturated carbocycles. The van der Waals surface area contributed by atoms with E-state index in [2.05, 4.69) is 17.0 Å². The van der Waals surface area contributed by atoms with Crippen LogP contribution in [0.15, 0.2) is 36.9 Å². The van der Waals surface area contributed by atoms with Crippen LogP contribution < -0.4 is 5.32 Å². The van der Waals surface area contributed by atoms with Crippen molar-refractivity contribution < 1.29 is 22.8 Å². The summed E-state index contributed by atoms with van der Waals surface area (Å²) in [5, 5.41) is 6.49. The maximum atomic E-state index is 12.9. The quantitative estimate of drug-likeness (QED) is 0.512. The van der Waals surface area contributed by atoms with Crippen molar-refractivity contribution in [3.05, 3.63) is 59.4 Å². The number of carbonyl (C=O) groups excluding carboxylic acids is 2. The molecular weight excluding hydrogens is 335 g/mol. The Hall–Kier alpha value is -2.90. The minimum Gasteiger partial charge on any atom is -0.346 e. The summed E-state index contributed by atoms with van der Waals surface area (Å²) < 4.78 is 39.8. The van der Waals surface area contributed by atoms with Gasteiger partial charge in [0.1, 0.15) is 0 Å². The van der Waals surface area contributed by atoms with E-state index in [1.807, 2.05) is 0 Å². The van der Waals surface area contributed by atoms with Gasteiger partial charge in [-0.3, -0.25) is 9.59 Å². The van der Waals surface area contributed by atoms with Crippen LogP contribution in [0.3, 0.4) is 0 Å². The average molecular weight is 351 g/mol. The Morgan fingerprint density at radius 1 is 1.32 bits per heavy atom. The number of halogens is 3. The number of amides is 1. The number of benzene rings is 1. The molecule has 0 radical (unpaired) electrons. The molecule has 2 aromatic rings. The molecule has 0 unspecified atom stereocenters. The molecule has 0 atom stereocenters. The number of hydrogen-bond acceptors (Lipinski definition) is 3. The molecule has 0 aliphatic carbocycles. The minimum atomic E-state index is -4.49. The summed E-state index contributed by atoms with van der Waals surface area (Å²) in [7, 11) is 0. The second kappa shape index (κ2) is 6.92. The second-order valence-corrected chi connectivity index (χ2v) is 5.33. The van der Waals surface area contributed by atoms with Gasteiger partial charge >= 0.3 is 6.18 Å². The summed E-state index contributed by atoms with van der Waals surface area (Å²) in [6.45, 7) is 6.61. The predicted molar refractivity (Wildman–Crippen MR) is 85.6 cm³/mol. The number of rotatable bonds is 5. The van der Waals surface area contributed by atoms with E-state index < -0.39 is 23.4 Å². The summed E-state index contributed by atoms with van der Waals surface area (Å²) in [5.74, 6) is -1.62. The standard InChI is InChI=1S/C17H16F3N3O2/c1-4-8-21-16(25)15(24)14-10(2)22-23(11(14)3)13-7-5-6-12(9-13)17(18,19)20/h4-7,9H,1,8H2,2-3H3,(H,21,25). The Morgan fingerprint density at radius 2 is 2.00 bits per heavy atom. The summed E-state index contributed by atoms with van der Waals surface area (Å²) >= 11 is 0. The fourth-order valence-electron chi connectivity index (χ4n) is 2.40. The van der Waals surface area contributed by atoms with E-state index in [1.54, 1.807) is 0 Å². The van der Waals surface area contributed by atoms with Crippen LogP contribution in [0.25, 0.3) is 5.69 Å². The van der Waals surface area contributed by atoms with Crippen LogP contribution in [0.1, 0.15) is 27.3 Å². The lowest BCUT2D eigenvalue weighted by atomic mass is 10.1. The maximum Gasteiger partial charge on any atom is 0.416 e. The molecule has 1 N–H and O–H groups in total. The smallest absolute Gasteiger partial charge is 0.346 e. The number of aromatic nitrogens is 2. The minimum absolute atomic E-state index is 0.0685. The van der Waals surface area contributed by atoms with Gasteiger partial charge in [0.2, 0.25) is 0 Å². The van der Waals surface area contributed by atoms with Gasteiger partial charge < -0.3 is 5.32 Å². The summed E-state index contributed by atoms with van der Waals surface area (Å²) in [6.07, 6.45) is -3.06. The highest BCUT2D eigenvalue weighted by atomic mass is 19.4. The third-order valence-corrected chi connectivity index (χ3v) is 3.55. The zero-order valence-corrected chi connectivity index (χ0v) is 13.6. The average Bonchev–Trinajstić information content (AvgIpc) is 2.86. The van der Waals surface area contributed by atoms with Gasteiger partial charge in [-0.2, -0.15) is 18.3 Å². The molecule has 132 valence electrons. The van der Waals surface area contributed by atoms with Crippen LogP contribution in [0.5, 0.6) is 0 Å². The first kappa shape index (κ1) is 18.4. The molecule has 1 amide bonds. The highest BCUT2D eigenvalue weighted by Gasteiger charge is 2.31. The van der Waals surface area contributed by atoms with Crippen molar-refractivity contribution in [3.63, 3.8) is 0 Å². The number of ketones is 1. The molecule has 0 aliphatic heterocycles. The van der Waals surface area contributed by atoms with E-state index in [-0.39, 0.29) is 29.2 Å². The number of nitrogens with one attached hydrogen (secondary N) is 1. The van der Waals surface area contributed by atoms with Gasteiger partial charge in [0.15, 0.2) is 0 Å². The van der Waals surface area contributed by atoms with E-state index >= 15 is 0 Å². The van der Waals surface area contributed by atoms with E-state index in [0.29, 0.717) is 0 Å². The largest absolute Gasteiger partial charge is 0.416 e. The zero-order chi connectivity index (χ0) is 18.8. The molecule has 5 nitrogen and oxygen atoms in total. The van der Waals surface area contributed by atoms with Gasteiger partial charge in [-0.1, -0.05) is 12.1 Å². The Labute approximate surface area is 142 Å². The number of aryl methyl sites for hydroxylation is 1. The van der Waals surface area contributed by atoms with Crippen LogP contribution >= 0.6 is 0 Å². The third kappa shape index (κ3) is 3.78. The van der Waals surface area contributed by atoms with Gasteiger partial charge in [0, 0.05) is 6.54 Å². The molecular formula is C17H16F3N3O2. The number of Topliss-reactive ketones (excluding diaryl/α,β-unsaturated/α-hetero) is 1. The fourth-order valence-corrected chi connectivity index (χ4v) is 2.40. The molecule has 0 saturated heterocycles. The van der Waals surface area contributed by atoms with Crippen molar-refractivity contribution >= 4 is 11.7 Å². The van der Waals surface area contributed by atoms with Crippen LogP contribution in [0.4, 0.5) is 13.2 Å². The van der Waals surface area contributed by atoms with E-state index in [9.17, 15) is 22.8 Å². The predicted octanol–water partition coefficient (Wildman–Crippen LogP) is 2.99. The van der Waals surface area contributed by atoms with E-state index in [1.165, 1.54) is 36.7 Å². The molecule has 0 aliphatic rings. The Kier molecular flexibility index (Phi) is 5.10. The SMILES string of the molecule is C=CCNC(=O)C(=O)c1c(C)nn(-c2cccc(C(F)(F)F)c2)c1C. The first-order chi connectivity index (χ1) is 11.7. The van der Waals surface area contributed by atoms with Crippen LogP contribution in [0.2, 0.25) is 0 Å². The third-order valence-electron chi connectivity index (χ3n) is 3.55. The zero-order valence-electron chi connectivity index (χ0n) is 13.6. The Morgan fingerprint density at radius 3 is 2.60 bits per heavy atom. The molecule has 8 heteroatoms. The molecule has 1 aromatic carbocycles. The van der Waals surface area contributed by atoms with Crippen LogP contribution in [0, 0.1) is 13.8 Å². The lowest BCUT2D eigenvalue weighted by Crippen LogP contribution is -2.31. The number of hydrogen-bond donors (Lipinski definition) is 1. The van der Waals surface area contributed by atoms with Crippen LogP contribution in [-0.2, 0) is 11.0 Å². The van der Waals surface area contributed by atoms with Crippen molar-refractivity contribution in [2.24, 2.45) is 0 Å². The molecule has 2 rings (SSSR count). The van der Waals surface area contributed by atoms with E-state index in [0.717, 1.165) is 12.1 Å². The summed E-state index contributed by atoms with van der Waals surface area (Å²) in [6, 6.07) is 4.59. The van der Waals surface area contributed by atoms with Crippen LogP contribution in [-0.4, -0.2) is 28.0 Å². The topological polar surface area (TPSA) is 64.0 Å². The molecule has 0 bridgehead atoms. The Balaban J connectivity index is 2.45. The lowest BCUT2D eigenvalue weighted by Gasteiger charge is -2.10. The van der Waals surface area contributed by atoms with Crippen molar-refractivity contribution in [2.45, 2.75) is 20.0 Å². The van der Waals surface area contributed by atoms with Gasteiger partial charge in [-0.25, -0.2) is 4.68 Å². The summed E-state index contributed by atoms with van der Waals surface area (Å²) in [5.41, 5.74) is -0.0571. The van der Waals surface area contributed by atoms with Gasteiger partial charge in [-0.15, -0.1) is 6.58 Å². The number of alkyl halides is 3. The van der Waals surface area contributed by atoms with Crippen molar-refractivity contribution in [2.75, 3.05) is 6.54 Å². The second-order valence-electron chi connectivity index (χ2n) is 5.33. The normalized spacial score (nSPS) is 11.2.